The third-order valence-electron chi connectivity index (χ3n) is 24.8. The van der Waals surface area contributed by atoms with E-state index in [1.807, 2.05) is 24.4 Å². The second-order valence-corrected chi connectivity index (χ2v) is 31.5. The lowest BCUT2D eigenvalue weighted by Crippen LogP contribution is -2.68. The quantitative estimate of drug-likeness (QED) is 0.0407. The van der Waals surface area contributed by atoms with E-state index >= 15 is 0 Å². The predicted molar refractivity (Wildman–Crippen MR) is 352 cm³/mol. The summed E-state index contributed by atoms with van der Waals surface area (Å²) in [6.07, 6.45) is 16.5. The van der Waals surface area contributed by atoms with Crippen molar-refractivity contribution >= 4 is 21.6 Å². The molecule has 5 fully saturated rings. The van der Waals surface area contributed by atoms with Crippen molar-refractivity contribution < 1.29 is 45.2 Å². The van der Waals surface area contributed by atoms with Gasteiger partial charge in [-0.3, -0.25) is 0 Å². The SMILES string of the molecule is CCC1Cc2cc(O)c(OC3CC(Cc4ccc[nH]4)C4=CCNC(N)=C4CSSCC(CO)C3O)cc2C2CC(O)C3C(C#CC4(CC(O)CCC3OCCO)CC(c3ccccc3)C3Cc5ccccc5CC56CCCC5CCC35C4C(O)CCC65)C=C12. The number of aliphatic hydroxyl groups is 6. The van der Waals surface area contributed by atoms with Crippen molar-refractivity contribution in [3.8, 4) is 23.3 Å². The first-order chi connectivity index (χ1) is 43.3. The number of phenolic OH excluding ortho intramolecular Hbond substituents is 1. The number of H-pyrrole nitrogens is 1. The van der Waals surface area contributed by atoms with Crippen LogP contribution in [0.5, 0.6) is 11.5 Å². The fraction of sp³-hybridized carbons (Fsp3) is 0.600. The Balaban J connectivity index is 0.889. The fourth-order valence-corrected chi connectivity index (χ4v) is 23.8. The maximum atomic E-state index is 13.3. The van der Waals surface area contributed by atoms with Crippen molar-refractivity contribution in [3.63, 3.8) is 0 Å². The molecular formula is C75H95N3O9S2. The molecule has 0 radical (unpaired) electrons. The van der Waals surface area contributed by atoms with Gasteiger partial charge in [0.05, 0.1) is 43.7 Å². The van der Waals surface area contributed by atoms with Crippen LogP contribution in [0, 0.1) is 81.3 Å². The molecule has 8 aliphatic carbocycles. The maximum absolute atomic E-state index is 13.3. The number of dihydropyridines is 1. The molecule has 20 unspecified atom stereocenters. The van der Waals surface area contributed by atoms with Crippen LogP contribution in [0.3, 0.4) is 0 Å². The van der Waals surface area contributed by atoms with Gasteiger partial charge in [-0.15, -0.1) is 0 Å². The number of aromatic amines is 1. The Bertz CT molecular complexity index is 3340. The number of phenols is 1. The van der Waals surface area contributed by atoms with Crippen LogP contribution in [0.4, 0.5) is 0 Å². The molecule has 14 rings (SSSR count). The van der Waals surface area contributed by atoms with Crippen molar-refractivity contribution in [1.82, 2.24) is 10.3 Å². The fourth-order valence-electron chi connectivity index (χ4n) is 21.3. The standard InChI is InChI=1S/C75H95N3O9S2/c1-2-44-30-49-34-63(83)66(87-67-35-50(31-53-15-9-26-77-53)55-22-27-78-72(76)60(55)43-89-88-42-51(41-80)70(67)85)37-57(49)58-36-64(84)69-47(32-56(44)58)20-24-73(39-54(81)16-18-65(69)86-29-28-79)40-59(45-10-4-3-5-11-45)61-33-46-12-6-7-13-48(46)38-74-23-8-14-52(74)21-25-75(61)68(74)19-17-62(82)71(73)75/h3-7,9-13,15,22,26,32,34,37,44,47,50-52,54,58-59,61-62,64-65,67-71,77-85H,2,8,14,16-19,21,23,25,27-31,33,35-36,38-43,76H2,1H3. The van der Waals surface area contributed by atoms with E-state index in [0.29, 0.717) is 80.7 Å². The number of nitrogens with one attached hydrogen (secondary N) is 2. The predicted octanol–water partition coefficient (Wildman–Crippen LogP) is 10.8. The van der Waals surface area contributed by atoms with Gasteiger partial charge in [0.15, 0.2) is 11.5 Å². The van der Waals surface area contributed by atoms with Crippen molar-refractivity contribution in [1.29, 1.82) is 0 Å². The number of ether oxygens (including phenoxy) is 2. The molecule has 476 valence electrons. The first-order valence-electron chi connectivity index (χ1n) is 34.1. The van der Waals surface area contributed by atoms with Crippen molar-refractivity contribution in [2.45, 2.75) is 171 Å². The lowest BCUT2D eigenvalue weighted by atomic mass is 9.32. The number of fused-ring (bicyclic) bond motifs is 7. The molecule has 14 heteroatoms. The summed E-state index contributed by atoms with van der Waals surface area (Å²) in [7, 11) is 3.27. The Morgan fingerprint density at radius 1 is 0.820 bits per heavy atom. The zero-order valence-electron chi connectivity index (χ0n) is 51.9. The van der Waals surface area contributed by atoms with Gasteiger partial charge in [0, 0.05) is 77.1 Å². The van der Waals surface area contributed by atoms with Gasteiger partial charge < -0.3 is 61.3 Å². The van der Waals surface area contributed by atoms with Crippen LogP contribution in [0.2, 0.25) is 0 Å². The van der Waals surface area contributed by atoms with Crippen LogP contribution >= 0.6 is 21.6 Å². The van der Waals surface area contributed by atoms with Gasteiger partial charge >= 0.3 is 0 Å². The molecule has 12 nitrogen and oxygen atoms in total. The second kappa shape index (κ2) is 25.7. The molecular weight excluding hydrogens is 1150 g/mol. The van der Waals surface area contributed by atoms with E-state index < -0.39 is 59.8 Å². The third-order valence-corrected chi connectivity index (χ3v) is 27.2. The Morgan fingerprint density at radius 3 is 2.47 bits per heavy atom. The van der Waals surface area contributed by atoms with Crippen molar-refractivity contribution in [2.75, 3.05) is 37.9 Å². The summed E-state index contributed by atoms with van der Waals surface area (Å²) in [5.74, 6) is 9.79. The second-order valence-electron chi connectivity index (χ2n) is 29.0. The number of allylic oxidation sites excluding steroid dienone is 3. The molecule has 10 aliphatic rings. The van der Waals surface area contributed by atoms with E-state index in [2.05, 4.69) is 102 Å². The molecule has 1 aromatic heterocycles. The zero-order chi connectivity index (χ0) is 61.2. The highest BCUT2D eigenvalue weighted by atomic mass is 33.1. The Morgan fingerprint density at radius 2 is 1.66 bits per heavy atom. The summed E-state index contributed by atoms with van der Waals surface area (Å²) in [6, 6.07) is 28.4. The molecule has 4 aromatic rings. The normalized spacial score (nSPS) is 39.2. The summed E-state index contributed by atoms with van der Waals surface area (Å²) >= 11 is 0. The Kier molecular flexibility index (Phi) is 17.8. The molecule has 11 N–H and O–H groups in total. The van der Waals surface area contributed by atoms with Crippen molar-refractivity contribution in [3.05, 3.63) is 153 Å². The van der Waals surface area contributed by atoms with Gasteiger partial charge in [0.2, 0.25) is 0 Å². The summed E-state index contributed by atoms with van der Waals surface area (Å²) < 4.78 is 13.8. The highest BCUT2D eigenvalue weighted by molar-refractivity contribution is 8.76. The summed E-state index contributed by atoms with van der Waals surface area (Å²) in [5.41, 5.74) is 16.5. The van der Waals surface area contributed by atoms with E-state index in [-0.39, 0.29) is 77.7 Å². The summed E-state index contributed by atoms with van der Waals surface area (Å²) in [4.78, 5) is 3.40. The van der Waals surface area contributed by atoms with E-state index in [0.717, 1.165) is 79.3 Å². The van der Waals surface area contributed by atoms with E-state index in [1.165, 1.54) is 41.5 Å². The topological polar surface area (TPSA) is 214 Å². The molecule has 3 aromatic carbocycles. The third kappa shape index (κ3) is 11.2. The van der Waals surface area contributed by atoms with Gasteiger partial charge in [0.1, 0.15) is 11.9 Å². The lowest BCUT2D eigenvalue weighted by molar-refractivity contribution is -0.239. The number of rotatable bonds is 10. The highest BCUT2D eigenvalue weighted by Crippen LogP contribution is 2.77. The average molecular weight is 1250 g/mol. The minimum absolute atomic E-state index is 0.0173. The molecule has 2 bridgehead atoms. The molecule has 3 heterocycles. The maximum Gasteiger partial charge on any atom is 0.161 e. The van der Waals surface area contributed by atoms with Crippen LogP contribution in [0.25, 0.3) is 0 Å². The summed E-state index contributed by atoms with van der Waals surface area (Å²) in [6.45, 7) is 2.47. The minimum atomic E-state index is -1.08. The smallest absolute Gasteiger partial charge is 0.161 e. The van der Waals surface area contributed by atoms with Crippen LogP contribution in [0.15, 0.2) is 120 Å². The van der Waals surface area contributed by atoms with E-state index in [1.54, 1.807) is 21.6 Å². The van der Waals surface area contributed by atoms with Gasteiger partial charge in [-0.1, -0.05) is 119 Å². The molecule has 2 aliphatic heterocycles. The van der Waals surface area contributed by atoms with Gasteiger partial charge in [0.25, 0.3) is 0 Å². The molecule has 0 amide bonds. The summed E-state index contributed by atoms with van der Waals surface area (Å²) in [5, 5.41) is 88.9. The lowest BCUT2D eigenvalue weighted by Gasteiger charge is -2.72. The first-order valence-corrected chi connectivity index (χ1v) is 36.6. The average Bonchev–Trinajstić information content (AvgIpc) is 1.52. The number of nitrogens with two attached hydrogens (primary N) is 1. The monoisotopic (exact) mass is 1250 g/mol. The largest absolute Gasteiger partial charge is 0.504 e. The first kappa shape index (κ1) is 61.8. The highest BCUT2D eigenvalue weighted by Gasteiger charge is 2.72. The Labute approximate surface area is 534 Å². The van der Waals surface area contributed by atoms with Gasteiger partial charge in [-0.05, 0) is 213 Å². The minimum Gasteiger partial charge on any atom is -0.504 e. The van der Waals surface area contributed by atoms with Crippen LogP contribution in [0.1, 0.15) is 142 Å². The van der Waals surface area contributed by atoms with Crippen LogP contribution in [-0.4, -0.2) is 115 Å². The van der Waals surface area contributed by atoms with Crippen LogP contribution < -0.4 is 15.8 Å². The number of benzene rings is 3. The molecule has 1 saturated heterocycles. The molecule has 89 heavy (non-hydrogen) atoms. The Hall–Kier alpha value is -4.66. The van der Waals surface area contributed by atoms with Crippen molar-refractivity contribution in [2.24, 2.45) is 75.2 Å². The molecule has 4 saturated carbocycles. The van der Waals surface area contributed by atoms with Gasteiger partial charge in [-0.25, -0.2) is 0 Å². The number of aliphatic hydroxyl groups excluding tert-OH is 6. The molecule has 3 spiro atoms. The zero-order valence-corrected chi connectivity index (χ0v) is 53.5. The van der Waals surface area contributed by atoms with Crippen LogP contribution in [-0.2, 0) is 30.4 Å². The van der Waals surface area contributed by atoms with Gasteiger partial charge in [-0.2, -0.15) is 0 Å². The number of hydrogen-bond donors (Lipinski definition) is 10. The molecule has 20 atom stereocenters. The van der Waals surface area contributed by atoms with E-state index in [9.17, 15) is 35.7 Å². The number of hydrogen-bond acceptors (Lipinski definition) is 13. The number of aromatic nitrogens is 1. The number of aromatic hydroxyl groups is 1. The van der Waals surface area contributed by atoms with E-state index in [4.69, 9.17) is 15.2 Å².